The third-order valence-electron chi connectivity index (χ3n) is 4.05. The maximum Gasteiger partial charge on any atom is 0.254 e. The summed E-state index contributed by atoms with van der Waals surface area (Å²) in [4.78, 5) is 14.4. The molecule has 0 aliphatic heterocycles. The van der Waals surface area contributed by atoms with Gasteiger partial charge in [-0.2, -0.15) is 0 Å². The molecule has 0 unspecified atom stereocenters. The van der Waals surface area contributed by atoms with Gasteiger partial charge >= 0.3 is 0 Å². The molecule has 8 heteroatoms. The minimum Gasteiger partial charge on any atom is -0.361 e. The number of hydrogen-bond acceptors (Lipinski definition) is 5. The van der Waals surface area contributed by atoms with Crippen molar-refractivity contribution in [3.05, 3.63) is 46.3 Å². The van der Waals surface area contributed by atoms with Gasteiger partial charge < -0.3 is 9.42 Å². The molecule has 0 radical (unpaired) electrons. The molecule has 2 aromatic rings. The Kier molecular flexibility index (Phi) is 5.34. The zero-order chi connectivity index (χ0) is 18.9. The van der Waals surface area contributed by atoms with Crippen molar-refractivity contribution >= 4 is 15.9 Å². The highest BCUT2D eigenvalue weighted by Gasteiger charge is 2.24. The molecule has 0 bridgehead atoms. The number of carbonyl (C=O) groups excluding carboxylic acids is 1. The molecule has 7 nitrogen and oxygen atoms in total. The number of aryl methyl sites for hydroxylation is 2. The average Bonchev–Trinajstić information content (AvgIpc) is 2.93. The van der Waals surface area contributed by atoms with E-state index in [-0.39, 0.29) is 17.3 Å². The van der Waals surface area contributed by atoms with Crippen molar-refractivity contribution in [3.8, 4) is 0 Å². The van der Waals surface area contributed by atoms with Crippen LogP contribution in [-0.4, -0.2) is 49.8 Å². The van der Waals surface area contributed by atoms with Crippen molar-refractivity contribution in [2.45, 2.75) is 32.2 Å². The van der Waals surface area contributed by atoms with Gasteiger partial charge in [-0.3, -0.25) is 4.79 Å². The first kappa shape index (κ1) is 19.1. The van der Waals surface area contributed by atoms with Crippen LogP contribution in [0.4, 0.5) is 0 Å². The van der Waals surface area contributed by atoms with Gasteiger partial charge in [-0.05, 0) is 44.0 Å². The predicted molar refractivity (Wildman–Crippen MR) is 93.8 cm³/mol. The van der Waals surface area contributed by atoms with Gasteiger partial charge in [0, 0.05) is 32.8 Å². The second kappa shape index (κ2) is 6.97. The molecule has 0 saturated carbocycles. The fourth-order valence-corrected chi connectivity index (χ4v) is 3.66. The second-order valence-electron chi connectivity index (χ2n) is 6.29. The highest BCUT2D eigenvalue weighted by atomic mass is 32.2. The van der Waals surface area contributed by atoms with Crippen molar-refractivity contribution in [2.75, 3.05) is 21.1 Å². The van der Waals surface area contributed by atoms with Crippen LogP contribution in [0, 0.1) is 20.8 Å². The highest BCUT2D eigenvalue weighted by Crippen LogP contribution is 2.24. The van der Waals surface area contributed by atoms with Crippen LogP contribution in [0.15, 0.2) is 27.6 Å². The lowest BCUT2D eigenvalue weighted by atomic mass is 10.1. The van der Waals surface area contributed by atoms with Gasteiger partial charge in [0.2, 0.25) is 10.0 Å². The van der Waals surface area contributed by atoms with E-state index in [9.17, 15) is 13.2 Å². The van der Waals surface area contributed by atoms with Gasteiger partial charge in [0.25, 0.3) is 5.91 Å². The van der Waals surface area contributed by atoms with Gasteiger partial charge in [-0.25, -0.2) is 12.7 Å². The molecule has 1 heterocycles. The summed E-state index contributed by atoms with van der Waals surface area (Å²) in [6.45, 7) is 5.59. The molecule has 1 aromatic heterocycles. The number of hydrogen-bond donors (Lipinski definition) is 0. The van der Waals surface area contributed by atoms with Crippen LogP contribution in [0.5, 0.6) is 0 Å². The second-order valence-corrected chi connectivity index (χ2v) is 8.41. The molecule has 25 heavy (non-hydrogen) atoms. The minimum absolute atomic E-state index is 0.145. The molecule has 1 amide bonds. The number of nitrogens with zero attached hydrogens (tertiary/aromatic N) is 3. The lowest BCUT2D eigenvalue weighted by molar-refractivity contribution is 0.0782. The summed E-state index contributed by atoms with van der Waals surface area (Å²) < 4.78 is 31.2. The molecule has 1 aromatic carbocycles. The largest absolute Gasteiger partial charge is 0.361 e. The summed E-state index contributed by atoms with van der Waals surface area (Å²) in [5.41, 5.74) is 2.35. The fraction of sp³-hybridized carbons (Fsp3) is 0.412. The van der Waals surface area contributed by atoms with Gasteiger partial charge in [0.05, 0.1) is 11.4 Å². The summed E-state index contributed by atoms with van der Waals surface area (Å²) in [6, 6.07) is 4.90. The van der Waals surface area contributed by atoms with E-state index < -0.39 is 10.0 Å². The Hall–Kier alpha value is -2.19. The molecule has 0 atom stereocenters. The van der Waals surface area contributed by atoms with Crippen LogP contribution >= 0.6 is 0 Å². The van der Waals surface area contributed by atoms with Crippen LogP contribution in [0.3, 0.4) is 0 Å². The van der Waals surface area contributed by atoms with Crippen LogP contribution in [0.2, 0.25) is 0 Å². The number of rotatable bonds is 5. The van der Waals surface area contributed by atoms with E-state index in [4.69, 9.17) is 4.52 Å². The maximum atomic E-state index is 12.7. The monoisotopic (exact) mass is 365 g/mol. The van der Waals surface area contributed by atoms with E-state index >= 15 is 0 Å². The summed E-state index contributed by atoms with van der Waals surface area (Å²) in [6.07, 6.45) is 0. The normalized spacial score (nSPS) is 11.8. The van der Waals surface area contributed by atoms with E-state index in [1.165, 1.54) is 25.1 Å². The van der Waals surface area contributed by atoms with E-state index in [0.717, 1.165) is 9.87 Å². The summed E-state index contributed by atoms with van der Waals surface area (Å²) in [7, 11) is 0.948. The quantitative estimate of drug-likeness (QED) is 0.810. The molecule has 136 valence electrons. The summed E-state index contributed by atoms with van der Waals surface area (Å²) >= 11 is 0. The number of sulfonamides is 1. The molecule has 0 saturated heterocycles. The zero-order valence-corrected chi connectivity index (χ0v) is 16.1. The van der Waals surface area contributed by atoms with E-state index in [2.05, 4.69) is 5.16 Å². The minimum atomic E-state index is -3.63. The molecular weight excluding hydrogens is 342 g/mol. The molecule has 0 fully saturated rings. The lowest BCUT2D eigenvalue weighted by Crippen LogP contribution is -2.28. The van der Waals surface area contributed by atoms with Gasteiger partial charge in [-0.15, -0.1) is 0 Å². The van der Waals surface area contributed by atoms with Gasteiger partial charge in [-0.1, -0.05) is 5.16 Å². The molecule has 0 aliphatic rings. The molecular formula is C17H23N3O4S. The van der Waals surface area contributed by atoms with Gasteiger partial charge in [0.15, 0.2) is 0 Å². The fourth-order valence-electron chi connectivity index (χ4n) is 2.44. The first-order valence-corrected chi connectivity index (χ1v) is 9.19. The van der Waals surface area contributed by atoms with Crippen molar-refractivity contribution < 1.29 is 17.7 Å². The number of carbonyl (C=O) groups is 1. The third kappa shape index (κ3) is 3.91. The Morgan fingerprint density at radius 3 is 2.28 bits per heavy atom. The molecule has 0 N–H and O–H groups in total. The third-order valence-corrected chi connectivity index (χ3v) is 5.99. The Morgan fingerprint density at radius 1 is 1.12 bits per heavy atom. The molecule has 0 aliphatic carbocycles. The van der Waals surface area contributed by atoms with Crippen LogP contribution < -0.4 is 0 Å². The Morgan fingerprint density at radius 2 is 1.76 bits per heavy atom. The van der Waals surface area contributed by atoms with Crippen molar-refractivity contribution in [3.63, 3.8) is 0 Å². The first-order valence-electron chi connectivity index (χ1n) is 7.75. The average molecular weight is 365 g/mol. The van der Waals surface area contributed by atoms with E-state index in [0.29, 0.717) is 22.6 Å². The van der Waals surface area contributed by atoms with Crippen LogP contribution in [-0.2, 0) is 16.6 Å². The van der Waals surface area contributed by atoms with E-state index in [1.807, 2.05) is 0 Å². The Labute approximate surface area is 148 Å². The highest BCUT2D eigenvalue weighted by molar-refractivity contribution is 7.89. The number of aromatic nitrogens is 1. The van der Waals surface area contributed by atoms with Crippen molar-refractivity contribution in [1.29, 1.82) is 0 Å². The standard InChI is InChI=1S/C17H23N3O4S/c1-11-7-14(9-16(13(11)3)25(22,23)19(4)5)17(21)20(6)10-15-8-12(2)24-18-15/h7-9H,10H2,1-6H3. The molecule has 0 spiro atoms. The number of amides is 1. The topological polar surface area (TPSA) is 83.7 Å². The number of benzene rings is 1. The Balaban J connectivity index is 2.38. The SMILES string of the molecule is Cc1cc(CN(C)C(=O)c2cc(C)c(C)c(S(=O)(=O)N(C)C)c2)no1. The van der Waals surface area contributed by atoms with Crippen LogP contribution in [0.25, 0.3) is 0 Å². The summed E-state index contributed by atoms with van der Waals surface area (Å²) in [5, 5.41) is 3.87. The van der Waals surface area contributed by atoms with Crippen molar-refractivity contribution in [2.24, 2.45) is 0 Å². The maximum absolute atomic E-state index is 12.7. The van der Waals surface area contributed by atoms with Crippen molar-refractivity contribution in [1.82, 2.24) is 14.4 Å². The van der Waals surface area contributed by atoms with Gasteiger partial charge in [0.1, 0.15) is 11.5 Å². The predicted octanol–water partition coefficient (Wildman–Crippen LogP) is 2.12. The lowest BCUT2D eigenvalue weighted by Gasteiger charge is -2.19. The van der Waals surface area contributed by atoms with E-state index in [1.54, 1.807) is 40.0 Å². The first-order chi connectivity index (χ1) is 11.5. The zero-order valence-electron chi connectivity index (χ0n) is 15.3. The molecule has 2 rings (SSSR count). The van der Waals surface area contributed by atoms with Crippen LogP contribution in [0.1, 0.15) is 32.9 Å². The Bertz CT molecular complexity index is 901. The summed E-state index contributed by atoms with van der Waals surface area (Å²) in [5.74, 6) is 0.389. The smallest absolute Gasteiger partial charge is 0.254 e.